The van der Waals surface area contributed by atoms with Gasteiger partial charge in [0.15, 0.2) is 5.69 Å². The molecule has 8 heteroatoms. The van der Waals surface area contributed by atoms with Crippen LogP contribution in [0.25, 0.3) is 5.69 Å². The number of aromatic nitrogens is 2. The lowest BCUT2D eigenvalue weighted by Gasteiger charge is -2.08. The second-order valence-corrected chi connectivity index (χ2v) is 7.42. The average molecular weight is 392 g/mol. The third kappa shape index (κ3) is 4.17. The molecule has 2 aromatic carbocycles. The lowest BCUT2D eigenvalue weighted by Crippen LogP contribution is -2.13. The van der Waals surface area contributed by atoms with E-state index >= 15 is 0 Å². The molecule has 1 N–H and O–H groups in total. The molecule has 26 heavy (non-hydrogen) atoms. The van der Waals surface area contributed by atoms with Crippen LogP contribution in [0.2, 0.25) is 5.02 Å². The predicted octanol–water partition coefficient (Wildman–Crippen LogP) is 3.80. The minimum atomic E-state index is -1.05. The monoisotopic (exact) mass is 391 g/mol. The first kappa shape index (κ1) is 18.3. The maximum atomic E-state index is 13.8. The van der Waals surface area contributed by atoms with Gasteiger partial charge < -0.3 is 5.32 Å². The summed E-state index contributed by atoms with van der Waals surface area (Å²) >= 11 is 6.08. The maximum Gasteiger partial charge on any atom is 0.276 e. The first-order valence-corrected chi connectivity index (χ1v) is 9.75. The molecule has 0 bridgehead atoms. The lowest BCUT2D eigenvalue weighted by molar-refractivity contribution is 0.102. The highest BCUT2D eigenvalue weighted by Gasteiger charge is 2.13. The van der Waals surface area contributed by atoms with Crippen molar-refractivity contribution in [3.63, 3.8) is 0 Å². The zero-order valence-electron chi connectivity index (χ0n) is 13.8. The molecule has 0 aliphatic rings. The summed E-state index contributed by atoms with van der Waals surface area (Å²) in [5.74, 6) is -0.576. The Labute approximate surface area is 157 Å². The number of halogens is 2. The van der Waals surface area contributed by atoms with Crippen LogP contribution in [0.3, 0.4) is 0 Å². The van der Waals surface area contributed by atoms with Crippen LogP contribution in [0.5, 0.6) is 0 Å². The summed E-state index contributed by atoms with van der Waals surface area (Å²) in [4.78, 5) is 12.4. The van der Waals surface area contributed by atoms with Crippen molar-refractivity contribution in [2.75, 3.05) is 11.6 Å². The summed E-state index contributed by atoms with van der Waals surface area (Å²) < 4.78 is 26.5. The second kappa shape index (κ2) is 7.80. The summed E-state index contributed by atoms with van der Waals surface area (Å²) in [6.45, 7) is 0. The molecule has 1 aromatic heterocycles. The van der Waals surface area contributed by atoms with E-state index in [1.54, 1.807) is 42.7 Å². The molecule has 3 rings (SSSR count). The number of carbonyl (C=O) groups is 1. The second-order valence-electron chi connectivity index (χ2n) is 5.57. The normalized spacial score (nSPS) is 12.0. The lowest BCUT2D eigenvalue weighted by atomic mass is 10.2. The van der Waals surface area contributed by atoms with Crippen molar-refractivity contribution in [2.45, 2.75) is 5.75 Å². The number of benzene rings is 2. The molecular formula is C18H15ClFN3O2S. The van der Waals surface area contributed by atoms with Crippen molar-refractivity contribution >= 4 is 34.0 Å². The summed E-state index contributed by atoms with van der Waals surface area (Å²) in [5.41, 5.74) is 1.59. The SMILES string of the molecule is C[S@](=O)Cc1cc(NC(=O)c2ccn(-c3ccccc3F)n2)ccc1Cl. The van der Waals surface area contributed by atoms with Crippen LogP contribution in [-0.4, -0.2) is 26.2 Å². The zero-order valence-corrected chi connectivity index (χ0v) is 15.4. The maximum absolute atomic E-state index is 13.8. The predicted molar refractivity (Wildman–Crippen MR) is 101 cm³/mol. The molecule has 3 aromatic rings. The molecular weight excluding hydrogens is 377 g/mol. The van der Waals surface area contributed by atoms with Gasteiger partial charge in [0, 0.05) is 39.7 Å². The Morgan fingerprint density at radius 1 is 1.27 bits per heavy atom. The van der Waals surface area contributed by atoms with Gasteiger partial charge in [0.2, 0.25) is 0 Å². The summed E-state index contributed by atoms with van der Waals surface area (Å²) in [6, 6.07) is 12.6. The Balaban J connectivity index is 1.79. The summed E-state index contributed by atoms with van der Waals surface area (Å²) in [5, 5.41) is 7.32. The van der Waals surface area contributed by atoms with Gasteiger partial charge in [-0.15, -0.1) is 0 Å². The minimum absolute atomic E-state index is 0.142. The van der Waals surface area contributed by atoms with Crippen LogP contribution in [0.1, 0.15) is 16.1 Å². The standard InChI is InChI=1S/C18H15ClFN3O2S/c1-26(25)11-12-10-13(6-7-14(12)19)21-18(24)16-8-9-23(22-16)17-5-3-2-4-15(17)20/h2-10H,11H2,1H3,(H,21,24)/t26-/m0/s1. The molecule has 1 atom stereocenters. The quantitative estimate of drug-likeness (QED) is 0.719. The number of carbonyl (C=O) groups excluding carboxylic acids is 1. The zero-order chi connectivity index (χ0) is 18.7. The van der Waals surface area contributed by atoms with Gasteiger partial charge in [-0.05, 0) is 42.0 Å². The van der Waals surface area contributed by atoms with Crippen molar-refractivity contribution in [3.8, 4) is 5.69 Å². The van der Waals surface area contributed by atoms with Crippen molar-refractivity contribution < 1.29 is 13.4 Å². The largest absolute Gasteiger partial charge is 0.321 e. The van der Waals surface area contributed by atoms with Crippen LogP contribution < -0.4 is 5.32 Å². The number of rotatable bonds is 5. The molecule has 1 heterocycles. The van der Waals surface area contributed by atoms with E-state index in [2.05, 4.69) is 10.4 Å². The van der Waals surface area contributed by atoms with Gasteiger partial charge in [0.25, 0.3) is 5.91 Å². The first-order valence-electron chi connectivity index (χ1n) is 7.64. The summed E-state index contributed by atoms with van der Waals surface area (Å²) in [7, 11) is -1.05. The molecule has 0 aliphatic heterocycles. The van der Waals surface area contributed by atoms with Gasteiger partial charge in [0.1, 0.15) is 11.5 Å². The number of amides is 1. The van der Waals surface area contributed by atoms with E-state index in [0.717, 1.165) is 0 Å². The van der Waals surface area contributed by atoms with Gasteiger partial charge in [-0.1, -0.05) is 23.7 Å². The molecule has 0 fully saturated rings. The molecule has 0 radical (unpaired) electrons. The first-order chi connectivity index (χ1) is 12.4. The van der Waals surface area contributed by atoms with Crippen LogP contribution in [-0.2, 0) is 16.6 Å². The number of hydrogen-bond acceptors (Lipinski definition) is 3. The fraction of sp³-hybridized carbons (Fsp3) is 0.111. The van der Waals surface area contributed by atoms with E-state index in [9.17, 15) is 13.4 Å². The molecule has 0 saturated carbocycles. The van der Waals surface area contributed by atoms with Crippen LogP contribution in [0.4, 0.5) is 10.1 Å². The Morgan fingerprint density at radius 3 is 2.77 bits per heavy atom. The van der Waals surface area contributed by atoms with E-state index in [-0.39, 0.29) is 11.4 Å². The Bertz CT molecular complexity index is 990. The highest BCUT2D eigenvalue weighted by atomic mass is 35.5. The Kier molecular flexibility index (Phi) is 5.49. The molecule has 0 unspecified atom stereocenters. The highest BCUT2D eigenvalue weighted by Crippen LogP contribution is 2.22. The van der Waals surface area contributed by atoms with Crippen LogP contribution in [0, 0.1) is 5.82 Å². The van der Waals surface area contributed by atoms with Gasteiger partial charge in [0.05, 0.1) is 0 Å². The molecule has 134 valence electrons. The van der Waals surface area contributed by atoms with Gasteiger partial charge in [-0.3, -0.25) is 9.00 Å². The number of hydrogen-bond donors (Lipinski definition) is 1. The number of para-hydroxylation sites is 1. The Hall–Kier alpha value is -2.51. The van der Waals surface area contributed by atoms with Crippen molar-refractivity contribution in [3.05, 3.63) is 76.8 Å². The number of nitrogens with one attached hydrogen (secondary N) is 1. The van der Waals surface area contributed by atoms with Crippen LogP contribution >= 0.6 is 11.6 Å². The molecule has 5 nitrogen and oxygen atoms in total. The molecule has 0 aliphatic carbocycles. The van der Waals surface area contributed by atoms with E-state index < -0.39 is 22.5 Å². The molecule has 0 saturated heterocycles. The third-order valence-electron chi connectivity index (χ3n) is 3.58. The fourth-order valence-corrected chi connectivity index (χ4v) is 3.33. The smallest absolute Gasteiger partial charge is 0.276 e. The van der Waals surface area contributed by atoms with Crippen LogP contribution in [0.15, 0.2) is 54.7 Å². The highest BCUT2D eigenvalue weighted by molar-refractivity contribution is 7.83. The van der Waals surface area contributed by atoms with Crippen molar-refractivity contribution in [1.82, 2.24) is 9.78 Å². The van der Waals surface area contributed by atoms with Gasteiger partial charge in [-0.25, -0.2) is 9.07 Å². The van der Waals surface area contributed by atoms with Gasteiger partial charge in [-0.2, -0.15) is 5.10 Å². The van der Waals surface area contributed by atoms with Crippen molar-refractivity contribution in [1.29, 1.82) is 0 Å². The molecule has 1 amide bonds. The third-order valence-corrected chi connectivity index (χ3v) is 4.67. The topological polar surface area (TPSA) is 64.0 Å². The van der Waals surface area contributed by atoms with Crippen molar-refractivity contribution in [2.24, 2.45) is 0 Å². The number of anilines is 1. The van der Waals surface area contributed by atoms with E-state index in [1.807, 2.05) is 0 Å². The Morgan fingerprint density at radius 2 is 2.04 bits per heavy atom. The van der Waals surface area contributed by atoms with E-state index in [0.29, 0.717) is 22.0 Å². The molecule has 0 spiro atoms. The number of nitrogens with zero attached hydrogens (tertiary/aromatic N) is 2. The van der Waals surface area contributed by atoms with E-state index in [1.165, 1.54) is 23.0 Å². The van der Waals surface area contributed by atoms with Gasteiger partial charge >= 0.3 is 0 Å². The van der Waals surface area contributed by atoms with E-state index in [4.69, 9.17) is 11.6 Å². The summed E-state index contributed by atoms with van der Waals surface area (Å²) in [6.07, 6.45) is 3.10. The fourth-order valence-electron chi connectivity index (χ4n) is 2.39. The minimum Gasteiger partial charge on any atom is -0.321 e. The average Bonchev–Trinajstić information content (AvgIpc) is 3.08.